The van der Waals surface area contributed by atoms with E-state index in [2.05, 4.69) is 0 Å². The van der Waals surface area contributed by atoms with Gasteiger partial charge in [-0.2, -0.15) is 0 Å². The molecule has 0 spiro atoms. The fourth-order valence-corrected chi connectivity index (χ4v) is 1.77. The highest BCUT2D eigenvalue weighted by atomic mass is 32.1. The van der Waals surface area contributed by atoms with Crippen molar-refractivity contribution in [2.75, 3.05) is 0 Å². The maximum atomic E-state index is 10.9. The molecule has 11 heavy (non-hydrogen) atoms. The number of aryl methyl sites for hydroxylation is 1. The summed E-state index contributed by atoms with van der Waals surface area (Å²) in [6.45, 7) is 3.77. The van der Waals surface area contributed by atoms with Gasteiger partial charge in [-0.25, -0.2) is 0 Å². The van der Waals surface area contributed by atoms with Crippen molar-refractivity contribution in [3.8, 4) is 0 Å². The van der Waals surface area contributed by atoms with Crippen LogP contribution in [0.25, 0.3) is 0 Å². The lowest BCUT2D eigenvalue weighted by Gasteiger charge is -1.90. The molecule has 0 saturated carbocycles. The Morgan fingerprint density at radius 3 is 2.55 bits per heavy atom. The molecule has 2 nitrogen and oxygen atoms in total. The molecule has 0 fully saturated rings. The maximum Gasteiger partial charge on any atom is 0.235 e. The number of rotatable bonds is 2. The number of Topliss-reactive ketones (excluding diaryl/α,β-unsaturated/α-hetero) is 1. The number of ketones is 1. The molecule has 1 aromatic heterocycles. The van der Waals surface area contributed by atoms with Crippen molar-refractivity contribution in [1.29, 1.82) is 0 Å². The maximum absolute atomic E-state index is 10.9. The highest BCUT2D eigenvalue weighted by molar-refractivity contribution is 7.13. The largest absolute Gasteiger partial charge is 0.294 e. The van der Waals surface area contributed by atoms with Gasteiger partial charge in [0, 0.05) is 0 Å². The van der Waals surface area contributed by atoms with E-state index in [1.165, 1.54) is 11.3 Å². The van der Waals surface area contributed by atoms with Gasteiger partial charge in [0.05, 0.1) is 4.88 Å². The monoisotopic (exact) mass is 168 g/mol. The lowest BCUT2D eigenvalue weighted by atomic mass is 10.1. The Kier molecular flexibility index (Phi) is 2.19. The van der Waals surface area contributed by atoms with Crippen LogP contribution in [0.4, 0.5) is 0 Å². The molecule has 0 bridgehead atoms. The van der Waals surface area contributed by atoms with E-state index in [4.69, 9.17) is 0 Å². The van der Waals surface area contributed by atoms with E-state index in [9.17, 15) is 9.59 Å². The Balaban J connectivity index is 3.14. The minimum atomic E-state index is -0.416. The smallest absolute Gasteiger partial charge is 0.235 e. The van der Waals surface area contributed by atoms with Crippen LogP contribution in [0.15, 0.2) is 5.38 Å². The van der Waals surface area contributed by atoms with Gasteiger partial charge in [-0.15, -0.1) is 11.3 Å². The molecule has 58 valence electrons. The van der Waals surface area contributed by atoms with Gasteiger partial charge in [0.15, 0.2) is 6.29 Å². The van der Waals surface area contributed by atoms with Gasteiger partial charge in [0.25, 0.3) is 0 Å². The number of hydrogen-bond donors (Lipinski definition) is 0. The summed E-state index contributed by atoms with van der Waals surface area (Å²) in [5.74, 6) is -0.416. The zero-order chi connectivity index (χ0) is 8.43. The van der Waals surface area contributed by atoms with E-state index in [1.807, 2.05) is 19.2 Å². The van der Waals surface area contributed by atoms with E-state index in [-0.39, 0.29) is 0 Å². The molecule has 0 aliphatic carbocycles. The second kappa shape index (κ2) is 2.96. The Morgan fingerprint density at radius 2 is 2.18 bits per heavy atom. The number of thiophene rings is 1. The Hall–Kier alpha value is -0.960. The summed E-state index contributed by atoms with van der Waals surface area (Å²) in [6.07, 6.45) is 0.359. The van der Waals surface area contributed by atoms with Crippen molar-refractivity contribution in [1.82, 2.24) is 0 Å². The molecular formula is C8H8O2S. The van der Waals surface area contributed by atoms with Gasteiger partial charge in [0.2, 0.25) is 5.78 Å². The highest BCUT2D eigenvalue weighted by Gasteiger charge is 2.10. The molecule has 3 heteroatoms. The van der Waals surface area contributed by atoms with E-state index >= 15 is 0 Å². The summed E-state index contributed by atoms with van der Waals surface area (Å²) in [6, 6.07) is 0. The van der Waals surface area contributed by atoms with Crippen LogP contribution >= 0.6 is 11.3 Å². The fraction of sp³-hybridized carbons (Fsp3) is 0.250. The average Bonchev–Trinajstić information content (AvgIpc) is 2.32. The Morgan fingerprint density at radius 1 is 1.55 bits per heavy atom. The van der Waals surface area contributed by atoms with E-state index < -0.39 is 5.78 Å². The van der Waals surface area contributed by atoms with Gasteiger partial charge < -0.3 is 0 Å². The molecule has 1 aromatic rings. The molecule has 0 aliphatic rings. The lowest BCUT2D eigenvalue weighted by molar-refractivity contribution is -0.104. The zero-order valence-electron chi connectivity index (χ0n) is 6.38. The summed E-state index contributed by atoms with van der Waals surface area (Å²) in [7, 11) is 0. The molecule has 1 rings (SSSR count). The topological polar surface area (TPSA) is 34.1 Å². The highest BCUT2D eigenvalue weighted by Crippen LogP contribution is 2.20. The average molecular weight is 168 g/mol. The molecule has 1 heterocycles. The zero-order valence-corrected chi connectivity index (χ0v) is 7.20. The SMILES string of the molecule is Cc1csc(C(=O)C=O)c1C. The van der Waals surface area contributed by atoms with Crippen molar-refractivity contribution in [2.24, 2.45) is 0 Å². The number of carbonyl (C=O) groups is 2. The van der Waals surface area contributed by atoms with Crippen LogP contribution in [0, 0.1) is 13.8 Å². The quantitative estimate of drug-likeness (QED) is 0.383. The van der Waals surface area contributed by atoms with Crippen LogP contribution in [0.1, 0.15) is 20.8 Å². The first-order valence-corrected chi connectivity index (χ1v) is 4.09. The third kappa shape index (κ3) is 1.38. The van der Waals surface area contributed by atoms with Crippen LogP contribution in [-0.2, 0) is 4.79 Å². The first-order chi connectivity index (χ1) is 5.16. The second-order valence-corrected chi connectivity index (χ2v) is 3.23. The van der Waals surface area contributed by atoms with Gasteiger partial charge >= 0.3 is 0 Å². The van der Waals surface area contributed by atoms with Gasteiger partial charge in [-0.1, -0.05) is 0 Å². The van der Waals surface area contributed by atoms with E-state index in [0.29, 0.717) is 11.2 Å². The molecule has 0 unspecified atom stereocenters. The van der Waals surface area contributed by atoms with Crippen molar-refractivity contribution in [2.45, 2.75) is 13.8 Å². The number of aldehydes is 1. The molecule has 0 N–H and O–H groups in total. The standard InChI is InChI=1S/C8H8O2S/c1-5-4-11-8(6(5)2)7(10)3-9/h3-4H,1-2H3. The first kappa shape index (κ1) is 8.14. The van der Waals surface area contributed by atoms with Crippen LogP contribution < -0.4 is 0 Å². The lowest BCUT2D eigenvalue weighted by Crippen LogP contribution is -1.98. The fourth-order valence-electron chi connectivity index (χ4n) is 0.800. The normalized spacial score (nSPS) is 9.64. The summed E-state index contributed by atoms with van der Waals surface area (Å²) >= 11 is 1.33. The minimum absolute atomic E-state index is 0.359. The molecular weight excluding hydrogens is 160 g/mol. The van der Waals surface area contributed by atoms with Gasteiger partial charge in [0.1, 0.15) is 0 Å². The van der Waals surface area contributed by atoms with Crippen LogP contribution in [0.5, 0.6) is 0 Å². The van der Waals surface area contributed by atoms with Gasteiger partial charge in [-0.05, 0) is 30.4 Å². The summed E-state index contributed by atoms with van der Waals surface area (Å²) in [5, 5.41) is 1.88. The van der Waals surface area contributed by atoms with Crippen LogP contribution in [0.3, 0.4) is 0 Å². The molecule has 0 aliphatic heterocycles. The van der Waals surface area contributed by atoms with Crippen LogP contribution in [0.2, 0.25) is 0 Å². The predicted molar refractivity (Wildman–Crippen MR) is 44.2 cm³/mol. The number of carbonyl (C=O) groups excluding carboxylic acids is 2. The summed E-state index contributed by atoms with van der Waals surface area (Å²) in [4.78, 5) is 21.6. The van der Waals surface area contributed by atoms with E-state index in [1.54, 1.807) is 0 Å². The first-order valence-electron chi connectivity index (χ1n) is 3.21. The van der Waals surface area contributed by atoms with Crippen molar-refractivity contribution in [3.63, 3.8) is 0 Å². The molecule has 0 atom stereocenters. The van der Waals surface area contributed by atoms with Gasteiger partial charge in [-0.3, -0.25) is 9.59 Å². The van der Waals surface area contributed by atoms with Crippen LogP contribution in [-0.4, -0.2) is 12.1 Å². The third-order valence-electron chi connectivity index (χ3n) is 1.62. The van der Waals surface area contributed by atoms with Crippen molar-refractivity contribution < 1.29 is 9.59 Å². The predicted octanol–water partition coefficient (Wildman–Crippen LogP) is 1.75. The summed E-state index contributed by atoms with van der Waals surface area (Å²) in [5.41, 5.74) is 1.99. The summed E-state index contributed by atoms with van der Waals surface area (Å²) < 4.78 is 0. The van der Waals surface area contributed by atoms with Crippen molar-refractivity contribution >= 4 is 23.4 Å². The molecule has 0 aromatic carbocycles. The number of hydrogen-bond acceptors (Lipinski definition) is 3. The minimum Gasteiger partial charge on any atom is -0.294 e. The Bertz CT molecular complexity index is 299. The molecule has 0 saturated heterocycles. The molecule has 0 amide bonds. The molecule has 0 radical (unpaired) electrons. The Labute approximate surface area is 68.9 Å². The van der Waals surface area contributed by atoms with E-state index in [0.717, 1.165) is 11.1 Å². The second-order valence-electron chi connectivity index (χ2n) is 2.35. The third-order valence-corrected chi connectivity index (χ3v) is 2.83. The van der Waals surface area contributed by atoms with Crippen molar-refractivity contribution in [3.05, 3.63) is 21.4 Å².